The second-order valence-electron chi connectivity index (χ2n) is 4.52. The highest BCUT2D eigenvalue weighted by molar-refractivity contribution is 5.69. The third-order valence-corrected chi connectivity index (χ3v) is 3.30. The molecule has 2 rings (SSSR count). The number of fused-ring (bicyclic) bond motifs is 1. The second-order valence-corrected chi connectivity index (χ2v) is 4.52. The Kier molecular flexibility index (Phi) is 4.07. The standard InChI is InChI=1S/C14H19NO3/c1-2-11(10-14(16)17)15-8-5-9-18-13-7-4-3-6-12(13)15/h3-4,6-7,11H,2,5,8-10H2,1H3,(H,16,17). The number of hydrogen-bond acceptors (Lipinski definition) is 3. The lowest BCUT2D eigenvalue weighted by atomic mass is 10.1. The van der Waals surface area contributed by atoms with Crippen LogP contribution in [0.3, 0.4) is 0 Å². The van der Waals surface area contributed by atoms with Gasteiger partial charge in [-0.15, -0.1) is 0 Å². The van der Waals surface area contributed by atoms with E-state index < -0.39 is 5.97 Å². The molecule has 98 valence electrons. The maximum Gasteiger partial charge on any atom is 0.305 e. The van der Waals surface area contributed by atoms with Gasteiger partial charge >= 0.3 is 5.97 Å². The van der Waals surface area contributed by atoms with Gasteiger partial charge in [-0.05, 0) is 25.0 Å². The molecule has 1 unspecified atom stereocenters. The van der Waals surface area contributed by atoms with E-state index in [4.69, 9.17) is 9.84 Å². The van der Waals surface area contributed by atoms with Crippen LogP contribution in [0.25, 0.3) is 0 Å². The van der Waals surface area contributed by atoms with Gasteiger partial charge in [-0.3, -0.25) is 4.79 Å². The zero-order valence-electron chi connectivity index (χ0n) is 10.6. The Morgan fingerprint density at radius 2 is 2.28 bits per heavy atom. The summed E-state index contributed by atoms with van der Waals surface area (Å²) >= 11 is 0. The lowest BCUT2D eigenvalue weighted by molar-refractivity contribution is -0.137. The van der Waals surface area contributed by atoms with Crippen LogP contribution in [0.2, 0.25) is 0 Å². The van der Waals surface area contributed by atoms with Gasteiger partial charge < -0.3 is 14.7 Å². The lowest BCUT2D eigenvalue weighted by Crippen LogP contribution is -2.37. The van der Waals surface area contributed by atoms with E-state index in [1.165, 1.54) is 0 Å². The maximum atomic E-state index is 11.0. The number of carboxylic acid groups (broad SMARTS) is 1. The van der Waals surface area contributed by atoms with Crippen molar-refractivity contribution in [1.29, 1.82) is 0 Å². The fourth-order valence-electron chi connectivity index (χ4n) is 2.41. The van der Waals surface area contributed by atoms with Crippen LogP contribution in [0.1, 0.15) is 26.2 Å². The van der Waals surface area contributed by atoms with E-state index in [0.717, 1.165) is 30.8 Å². The van der Waals surface area contributed by atoms with Crippen molar-refractivity contribution in [3.05, 3.63) is 24.3 Å². The van der Waals surface area contributed by atoms with Crippen LogP contribution >= 0.6 is 0 Å². The van der Waals surface area contributed by atoms with Gasteiger partial charge in [0.05, 0.1) is 18.7 Å². The zero-order valence-corrected chi connectivity index (χ0v) is 10.6. The van der Waals surface area contributed by atoms with Gasteiger partial charge in [0, 0.05) is 12.6 Å². The second kappa shape index (κ2) is 5.76. The highest BCUT2D eigenvalue weighted by atomic mass is 16.5. The molecule has 18 heavy (non-hydrogen) atoms. The SMILES string of the molecule is CCC(CC(=O)O)N1CCCOc2ccccc21. The van der Waals surface area contributed by atoms with Crippen molar-refractivity contribution in [3.63, 3.8) is 0 Å². The fraction of sp³-hybridized carbons (Fsp3) is 0.500. The Balaban J connectivity index is 2.28. The number of hydrogen-bond donors (Lipinski definition) is 1. The third-order valence-electron chi connectivity index (χ3n) is 3.30. The average molecular weight is 249 g/mol. The summed E-state index contributed by atoms with van der Waals surface area (Å²) in [7, 11) is 0. The molecule has 1 atom stereocenters. The largest absolute Gasteiger partial charge is 0.491 e. The first-order valence-corrected chi connectivity index (χ1v) is 6.42. The van der Waals surface area contributed by atoms with Crippen LogP contribution in [0.15, 0.2) is 24.3 Å². The summed E-state index contributed by atoms with van der Waals surface area (Å²) in [6.07, 6.45) is 1.91. The molecule has 0 spiro atoms. The van der Waals surface area contributed by atoms with E-state index in [0.29, 0.717) is 6.61 Å². The van der Waals surface area contributed by atoms with Crippen LogP contribution in [-0.2, 0) is 4.79 Å². The molecule has 0 aromatic heterocycles. The normalized spacial score (nSPS) is 16.4. The Labute approximate surface area is 107 Å². The van der Waals surface area contributed by atoms with Gasteiger partial charge in [0.1, 0.15) is 5.75 Å². The van der Waals surface area contributed by atoms with E-state index in [2.05, 4.69) is 4.90 Å². The predicted molar refractivity (Wildman–Crippen MR) is 70.2 cm³/mol. The third kappa shape index (κ3) is 2.75. The van der Waals surface area contributed by atoms with Crippen molar-refractivity contribution in [2.75, 3.05) is 18.1 Å². The topological polar surface area (TPSA) is 49.8 Å². The molecule has 0 fully saturated rings. The molecule has 1 aromatic rings. The number of benzene rings is 1. The minimum absolute atomic E-state index is 0.0327. The number of ether oxygens (including phenoxy) is 1. The number of carboxylic acids is 1. The van der Waals surface area contributed by atoms with Crippen molar-refractivity contribution < 1.29 is 14.6 Å². The van der Waals surface area contributed by atoms with E-state index in [1.807, 2.05) is 31.2 Å². The number of aliphatic carboxylic acids is 1. The summed E-state index contributed by atoms with van der Waals surface area (Å²) < 4.78 is 5.69. The van der Waals surface area contributed by atoms with Crippen LogP contribution in [0.5, 0.6) is 5.75 Å². The molecule has 1 aromatic carbocycles. The van der Waals surface area contributed by atoms with Gasteiger partial charge in [0.25, 0.3) is 0 Å². The number of nitrogens with zero attached hydrogens (tertiary/aromatic N) is 1. The predicted octanol–water partition coefficient (Wildman–Crippen LogP) is 2.53. The van der Waals surface area contributed by atoms with E-state index in [1.54, 1.807) is 0 Å². The molecule has 1 heterocycles. The van der Waals surface area contributed by atoms with Crippen LogP contribution in [0, 0.1) is 0 Å². The minimum Gasteiger partial charge on any atom is -0.491 e. The highest BCUT2D eigenvalue weighted by Gasteiger charge is 2.24. The fourth-order valence-corrected chi connectivity index (χ4v) is 2.41. The Bertz CT molecular complexity index is 419. The van der Waals surface area contributed by atoms with Crippen molar-refractivity contribution in [3.8, 4) is 5.75 Å². The van der Waals surface area contributed by atoms with Gasteiger partial charge in [-0.1, -0.05) is 19.1 Å². The summed E-state index contributed by atoms with van der Waals surface area (Å²) in [6, 6.07) is 7.89. The van der Waals surface area contributed by atoms with Gasteiger partial charge in [0.15, 0.2) is 0 Å². The quantitative estimate of drug-likeness (QED) is 0.890. The molecule has 1 N–H and O–H groups in total. The van der Waals surface area contributed by atoms with E-state index in [9.17, 15) is 4.79 Å². The molecule has 0 saturated heterocycles. The minimum atomic E-state index is -0.746. The highest BCUT2D eigenvalue weighted by Crippen LogP contribution is 2.33. The van der Waals surface area contributed by atoms with E-state index in [-0.39, 0.29) is 12.5 Å². The zero-order chi connectivity index (χ0) is 13.0. The van der Waals surface area contributed by atoms with Crippen molar-refractivity contribution in [2.24, 2.45) is 0 Å². The molecule has 4 nitrogen and oxygen atoms in total. The monoisotopic (exact) mass is 249 g/mol. The Hall–Kier alpha value is -1.71. The first-order chi connectivity index (χ1) is 8.72. The number of anilines is 1. The van der Waals surface area contributed by atoms with Gasteiger partial charge in [-0.25, -0.2) is 0 Å². The lowest BCUT2D eigenvalue weighted by Gasteiger charge is -2.31. The van der Waals surface area contributed by atoms with Crippen molar-refractivity contribution >= 4 is 11.7 Å². The smallest absolute Gasteiger partial charge is 0.305 e. The van der Waals surface area contributed by atoms with Gasteiger partial charge in [0.2, 0.25) is 0 Å². The molecular weight excluding hydrogens is 230 g/mol. The molecule has 0 aliphatic carbocycles. The van der Waals surface area contributed by atoms with E-state index >= 15 is 0 Å². The summed E-state index contributed by atoms with van der Waals surface area (Å²) in [6.45, 7) is 3.57. The molecule has 0 radical (unpaired) electrons. The van der Waals surface area contributed by atoms with Gasteiger partial charge in [-0.2, -0.15) is 0 Å². The van der Waals surface area contributed by atoms with Crippen LogP contribution in [-0.4, -0.2) is 30.3 Å². The van der Waals surface area contributed by atoms with Crippen molar-refractivity contribution in [1.82, 2.24) is 0 Å². The molecule has 1 aliphatic rings. The summed E-state index contributed by atoms with van der Waals surface area (Å²) in [5.41, 5.74) is 1.02. The molecular formula is C14H19NO3. The maximum absolute atomic E-state index is 11.0. The first kappa shape index (κ1) is 12.7. The molecule has 1 aliphatic heterocycles. The van der Waals surface area contributed by atoms with Crippen LogP contribution < -0.4 is 9.64 Å². The van der Waals surface area contributed by atoms with Crippen LogP contribution in [0.4, 0.5) is 5.69 Å². The summed E-state index contributed by atoms with van der Waals surface area (Å²) in [4.78, 5) is 13.1. The summed E-state index contributed by atoms with van der Waals surface area (Å²) in [5.74, 6) is 0.114. The van der Waals surface area contributed by atoms with Crippen molar-refractivity contribution in [2.45, 2.75) is 32.2 Å². The average Bonchev–Trinajstić information content (AvgIpc) is 2.58. The number of para-hydroxylation sites is 2. The number of carbonyl (C=O) groups is 1. The first-order valence-electron chi connectivity index (χ1n) is 6.42. The summed E-state index contributed by atoms with van der Waals surface area (Å²) in [5, 5.41) is 9.01. The molecule has 4 heteroatoms. The number of rotatable bonds is 4. The Morgan fingerprint density at radius 3 is 3.00 bits per heavy atom. The molecule has 0 saturated carbocycles. The molecule has 0 bridgehead atoms. The molecule has 0 amide bonds. The Morgan fingerprint density at radius 1 is 1.50 bits per heavy atom.